The largest absolute Gasteiger partial charge is 0.391 e. The number of hydrogen-bond donors (Lipinski definition) is 2. The van der Waals surface area contributed by atoms with Crippen molar-refractivity contribution in [3.05, 3.63) is 0 Å². The van der Waals surface area contributed by atoms with E-state index in [-0.39, 0.29) is 6.10 Å². The Bertz CT molecular complexity index is 249. The molecule has 2 N–H and O–H groups in total. The van der Waals surface area contributed by atoms with Crippen LogP contribution in [0.15, 0.2) is 0 Å². The van der Waals surface area contributed by atoms with Gasteiger partial charge in [-0.15, -0.1) is 0 Å². The fourth-order valence-electron chi connectivity index (χ4n) is 3.65. The first-order valence-corrected chi connectivity index (χ1v) is 7.49. The summed E-state index contributed by atoms with van der Waals surface area (Å²) in [5.74, 6) is 0.817. The van der Waals surface area contributed by atoms with Crippen molar-refractivity contribution in [2.45, 2.75) is 63.1 Å². The highest BCUT2D eigenvalue weighted by Gasteiger charge is 2.39. The second-order valence-corrected chi connectivity index (χ2v) is 6.21. The van der Waals surface area contributed by atoms with Crippen LogP contribution >= 0.6 is 0 Å². The van der Waals surface area contributed by atoms with Crippen molar-refractivity contribution in [2.24, 2.45) is 5.92 Å². The molecule has 0 bridgehead atoms. The molecule has 2 aliphatic carbocycles. The zero-order valence-corrected chi connectivity index (χ0v) is 10.8. The molecule has 0 amide bonds. The molecule has 1 aliphatic heterocycles. The van der Waals surface area contributed by atoms with E-state index in [1.807, 2.05) is 0 Å². The third-order valence-electron chi connectivity index (χ3n) is 4.75. The Kier molecular flexibility index (Phi) is 3.69. The fraction of sp³-hybridized carbons (Fsp3) is 1.00. The SMILES string of the molecule is OC1CCCC1N(CC1CCCNC1)C1CC1. The summed E-state index contributed by atoms with van der Waals surface area (Å²) in [7, 11) is 0. The number of piperidine rings is 1. The van der Waals surface area contributed by atoms with Crippen molar-refractivity contribution in [3.8, 4) is 0 Å². The lowest BCUT2D eigenvalue weighted by Crippen LogP contribution is -2.47. The summed E-state index contributed by atoms with van der Waals surface area (Å²) in [5, 5.41) is 13.6. The topological polar surface area (TPSA) is 35.5 Å². The van der Waals surface area contributed by atoms with Gasteiger partial charge in [-0.25, -0.2) is 0 Å². The molecule has 98 valence electrons. The van der Waals surface area contributed by atoms with Crippen molar-refractivity contribution >= 4 is 0 Å². The molecule has 0 spiro atoms. The van der Waals surface area contributed by atoms with Gasteiger partial charge in [-0.05, 0) is 64.0 Å². The maximum absolute atomic E-state index is 10.1. The maximum atomic E-state index is 10.1. The van der Waals surface area contributed by atoms with E-state index >= 15 is 0 Å². The number of nitrogens with zero attached hydrogens (tertiary/aromatic N) is 1. The average molecular weight is 238 g/mol. The number of rotatable bonds is 4. The number of aliphatic hydroxyl groups excluding tert-OH is 1. The summed E-state index contributed by atoms with van der Waals surface area (Å²) in [6.07, 6.45) is 8.85. The van der Waals surface area contributed by atoms with E-state index in [2.05, 4.69) is 10.2 Å². The molecule has 0 aromatic carbocycles. The van der Waals surface area contributed by atoms with Crippen molar-refractivity contribution in [3.63, 3.8) is 0 Å². The lowest BCUT2D eigenvalue weighted by atomic mass is 9.97. The van der Waals surface area contributed by atoms with Crippen molar-refractivity contribution < 1.29 is 5.11 Å². The predicted octanol–water partition coefficient (Wildman–Crippen LogP) is 1.36. The van der Waals surface area contributed by atoms with E-state index in [1.54, 1.807) is 0 Å². The maximum Gasteiger partial charge on any atom is 0.0695 e. The molecule has 3 aliphatic rings. The van der Waals surface area contributed by atoms with Gasteiger partial charge in [-0.2, -0.15) is 0 Å². The summed E-state index contributed by atoms with van der Waals surface area (Å²) >= 11 is 0. The van der Waals surface area contributed by atoms with Crippen LogP contribution in [0.5, 0.6) is 0 Å². The molecule has 3 heteroatoms. The molecule has 0 aromatic heterocycles. The van der Waals surface area contributed by atoms with Crippen LogP contribution in [0.2, 0.25) is 0 Å². The zero-order chi connectivity index (χ0) is 11.7. The minimum absolute atomic E-state index is 0.0489. The Morgan fingerprint density at radius 1 is 1.06 bits per heavy atom. The van der Waals surface area contributed by atoms with Gasteiger partial charge in [-0.1, -0.05) is 0 Å². The molecule has 3 nitrogen and oxygen atoms in total. The van der Waals surface area contributed by atoms with Gasteiger partial charge in [0.2, 0.25) is 0 Å². The van der Waals surface area contributed by atoms with Gasteiger partial charge >= 0.3 is 0 Å². The molecule has 2 saturated carbocycles. The average Bonchev–Trinajstić information content (AvgIpc) is 3.11. The van der Waals surface area contributed by atoms with Crippen molar-refractivity contribution in [1.82, 2.24) is 10.2 Å². The van der Waals surface area contributed by atoms with Gasteiger partial charge in [0, 0.05) is 18.6 Å². The molecule has 3 fully saturated rings. The molecule has 3 unspecified atom stereocenters. The molecule has 1 saturated heterocycles. The number of nitrogens with one attached hydrogen (secondary N) is 1. The van der Waals surface area contributed by atoms with E-state index in [9.17, 15) is 5.11 Å². The summed E-state index contributed by atoms with van der Waals surface area (Å²) in [5.41, 5.74) is 0. The van der Waals surface area contributed by atoms with Crippen LogP contribution in [0.3, 0.4) is 0 Å². The molecular weight excluding hydrogens is 212 g/mol. The van der Waals surface area contributed by atoms with E-state index in [1.165, 1.54) is 58.2 Å². The minimum Gasteiger partial charge on any atom is -0.391 e. The van der Waals surface area contributed by atoms with Crippen LogP contribution < -0.4 is 5.32 Å². The lowest BCUT2D eigenvalue weighted by Gasteiger charge is -2.35. The highest BCUT2D eigenvalue weighted by atomic mass is 16.3. The van der Waals surface area contributed by atoms with Gasteiger partial charge in [0.15, 0.2) is 0 Å². The smallest absolute Gasteiger partial charge is 0.0695 e. The molecule has 17 heavy (non-hydrogen) atoms. The molecule has 3 atom stereocenters. The van der Waals surface area contributed by atoms with Gasteiger partial charge in [0.1, 0.15) is 0 Å². The van der Waals surface area contributed by atoms with Gasteiger partial charge in [0.05, 0.1) is 6.10 Å². The summed E-state index contributed by atoms with van der Waals surface area (Å²) in [6.45, 7) is 3.61. The van der Waals surface area contributed by atoms with Crippen LogP contribution in [-0.2, 0) is 0 Å². The van der Waals surface area contributed by atoms with Crippen molar-refractivity contribution in [2.75, 3.05) is 19.6 Å². The molecule has 1 heterocycles. The van der Waals surface area contributed by atoms with Crippen LogP contribution in [0, 0.1) is 5.92 Å². The Hall–Kier alpha value is -0.120. The van der Waals surface area contributed by atoms with E-state index < -0.39 is 0 Å². The Balaban J connectivity index is 1.59. The molecule has 3 rings (SSSR count). The highest BCUT2D eigenvalue weighted by Crippen LogP contribution is 2.35. The quantitative estimate of drug-likeness (QED) is 0.776. The highest BCUT2D eigenvalue weighted by molar-refractivity contribution is 4.95. The van der Waals surface area contributed by atoms with E-state index in [4.69, 9.17) is 0 Å². The van der Waals surface area contributed by atoms with Gasteiger partial charge in [-0.3, -0.25) is 4.90 Å². The first-order valence-electron chi connectivity index (χ1n) is 7.49. The lowest BCUT2D eigenvalue weighted by molar-refractivity contribution is 0.0522. The monoisotopic (exact) mass is 238 g/mol. The van der Waals surface area contributed by atoms with E-state index in [0.29, 0.717) is 6.04 Å². The first-order chi connectivity index (χ1) is 8.34. The van der Waals surface area contributed by atoms with Crippen LogP contribution in [0.4, 0.5) is 0 Å². The second-order valence-electron chi connectivity index (χ2n) is 6.21. The minimum atomic E-state index is -0.0489. The van der Waals surface area contributed by atoms with Crippen LogP contribution in [0.25, 0.3) is 0 Å². The predicted molar refractivity (Wildman–Crippen MR) is 69.0 cm³/mol. The Labute approximate surface area is 105 Å². The van der Waals surface area contributed by atoms with Crippen LogP contribution in [-0.4, -0.2) is 47.8 Å². The second kappa shape index (κ2) is 5.25. The van der Waals surface area contributed by atoms with Gasteiger partial charge in [0.25, 0.3) is 0 Å². The zero-order valence-electron chi connectivity index (χ0n) is 10.8. The molecule has 0 radical (unpaired) electrons. The van der Waals surface area contributed by atoms with Crippen LogP contribution in [0.1, 0.15) is 44.9 Å². The number of aliphatic hydroxyl groups is 1. The molecular formula is C14H26N2O. The van der Waals surface area contributed by atoms with Gasteiger partial charge < -0.3 is 10.4 Å². The summed E-state index contributed by atoms with van der Waals surface area (Å²) in [4.78, 5) is 2.66. The summed E-state index contributed by atoms with van der Waals surface area (Å²) < 4.78 is 0. The first kappa shape index (κ1) is 11.9. The third kappa shape index (κ3) is 2.83. The molecule has 0 aromatic rings. The third-order valence-corrected chi connectivity index (χ3v) is 4.75. The number of hydrogen-bond acceptors (Lipinski definition) is 3. The Morgan fingerprint density at radius 2 is 1.94 bits per heavy atom. The fourth-order valence-corrected chi connectivity index (χ4v) is 3.65. The standard InChI is InChI=1S/C14H26N2O/c17-14-5-1-4-13(14)16(12-6-7-12)10-11-3-2-8-15-9-11/h11-15,17H,1-10H2. The summed E-state index contributed by atoms with van der Waals surface area (Å²) in [6, 6.07) is 1.28. The van der Waals surface area contributed by atoms with E-state index in [0.717, 1.165) is 18.4 Å². The van der Waals surface area contributed by atoms with Crippen molar-refractivity contribution in [1.29, 1.82) is 0 Å². The normalized spacial score (nSPS) is 38.8. The Morgan fingerprint density at radius 3 is 2.53 bits per heavy atom.